The Labute approximate surface area is 128 Å². The van der Waals surface area contributed by atoms with Crippen molar-refractivity contribution < 1.29 is 4.79 Å². The Kier molecular flexibility index (Phi) is 5.43. The van der Waals surface area contributed by atoms with Crippen LogP contribution in [0.5, 0.6) is 0 Å². The van der Waals surface area contributed by atoms with Gasteiger partial charge in [0, 0.05) is 29.3 Å². The van der Waals surface area contributed by atoms with Crippen molar-refractivity contribution in [1.29, 1.82) is 0 Å². The lowest BCUT2D eigenvalue weighted by molar-refractivity contribution is 0.0948. The molecule has 1 fully saturated rings. The molecule has 0 aromatic heterocycles. The number of nitrogens with two attached hydrogens (primary N) is 1. The number of carbonyl (C=O) groups is 1. The summed E-state index contributed by atoms with van der Waals surface area (Å²) in [7, 11) is 2.14. The summed E-state index contributed by atoms with van der Waals surface area (Å²) in [5, 5.41) is 2.94. The first-order valence-corrected chi connectivity index (χ1v) is 7.90. The van der Waals surface area contributed by atoms with E-state index in [0.717, 1.165) is 11.0 Å². The minimum Gasteiger partial charge on any atom is -0.398 e. The highest BCUT2D eigenvalue weighted by Gasteiger charge is 2.19. The Bertz CT molecular complexity index is 472. The fourth-order valence-corrected chi connectivity index (χ4v) is 3.09. The van der Waals surface area contributed by atoms with Gasteiger partial charge in [-0.2, -0.15) is 0 Å². The molecule has 3 N–H and O–H groups in total. The summed E-state index contributed by atoms with van der Waals surface area (Å²) in [6.07, 6.45) is 5.22. The molecule has 1 amide bonds. The predicted octanol–water partition coefficient (Wildman–Crippen LogP) is 2.64. The van der Waals surface area contributed by atoms with Crippen molar-refractivity contribution >= 4 is 27.5 Å². The second-order valence-electron chi connectivity index (χ2n) is 5.41. The third-order valence-corrected chi connectivity index (χ3v) is 4.45. The Hall–Kier alpha value is -1.07. The number of benzene rings is 1. The first kappa shape index (κ1) is 15.3. The lowest BCUT2D eigenvalue weighted by atomic mass is 10.1. The lowest BCUT2D eigenvalue weighted by Gasteiger charge is -2.23. The standard InChI is InChI=1S/C15H22BrN3O/c1-19(12-4-2-3-5-12)9-8-18-15(20)13-7-6-11(16)10-14(13)17/h6-7,10,12H,2-5,8-9,17H2,1H3,(H,18,20). The van der Waals surface area contributed by atoms with E-state index in [1.165, 1.54) is 25.7 Å². The highest BCUT2D eigenvalue weighted by Crippen LogP contribution is 2.22. The zero-order valence-corrected chi connectivity index (χ0v) is 13.4. The molecular weight excluding hydrogens is 318 g/mol. The van der Waals surface area contributed by atoms with E-state index in [-0.39, 0.29) is 5.91 Å². The van der Waals surface area contributed by atoms with Crippen LogP contribution in [-0.2, 0) is 0 Å². The lowest BCUT2D eigenvalue weighted by Crippen LogP contribution is -2.37. The molecule has 0 saturated heterocycles. The highest BCUT2D eigenvalue weighted by molar-refractivity contribution is 9.10. The molecule has 4 nitrogen and oxygen atoms in total. The molecule has 0 unspecified atom stereocenters. The van der Waals surface area contributed by atoms with E-state index in [1.807, 2.05) is 6.07 Å². The maximum absolute atomic E-state index is 12.1. The minimum atomic E-state index is -0.102. The normalized spacial score (nSPS) is 15.8. The monoisotopic (exact) mass is 339 g/mol. The number of nitrogens with one attached hydrogen (secondary N) is 1. The second-order valence-corrected chi connectivity index (χ2v) is 6.32. The number of nitrogens with zero attached hydrogens (tertiary/aromatic N) is 1. The topological polar surface area (TPSA) is 58.4 Å². The van der Waals surface area contributed by atoms with Crippen LogP contribution in [0.4, 0.5) is 5.69 Å². The van der Waals surface area contributed by atoms with Crippen LogP contribution in [0.15, 0.2) is 22.7 Å². The van der Waals surface area contributed by atoms with Crippen molar-refractivity contribution in [3.8, 4) is 0 Å². The Balaban J connectivity index is 1.80. The van der Waals surface area contributed by atoms with Crippen LogP contribution >= 0.6 is 15.9 Å². The van der Waals surface area contributed by atoms with Crippen LogP contribution in [0, 0.1) is 0 Å². The van der Waals surface area contributed by atoms with E-state index in [0.29, 0.717) is 23.8 Å². The summed E-state index contributed by atoms with van der Waals surface area (Å²) in [5.41, 5.74) is 6.89. The summed E-state index contributed by atoms with van der Waals surface area (Å²) >= 11 is 3.34. The summed E-state index contributed by atoms with van der Waals surface area (Å²) in [5.74, 6) is -0.102. The van der Waals surface area contributed by atoms with Crippen LogP contribution < -0.4 is 11.1 Å². The molecule has 5 heteroatoms. The third kappa shape index (κ3) is 3.96. The number of hydrogen-bond acceptors (Lipinski definition) is 3. The molecule has 1 aromatic rings. The fraction of sp³-hybridized carbons (Fsp3) is 0.533. The second kappa shape index (κ2) is 7.09. The van der Waals surface area contributed by atoms with Crippen LogP contribution in [0.1, 0.15) is 36.0 Å². The van der Waals surface area contributed by atoms with Crippen LogP contribution in [0.25, 0.3) is 0 Å². The molecule has 2 rings (SSSR count). The maximum Gasteiger partial charge on any atom is 0.253 e. The van der Waals surface area contributed by atoms with E-state index < -0.39 is 0 Å². The highest BCUT2D eigenvalue weighted by atomic mass is 79.9. The summed E-state index contributed by atoms with van der Waals surface area (Å²) in [6.45, 7) is 1.54. The van der Waals surface area contributed by atoms with E-state index in [4.69, 9.17) is 5.73 Å². The molecule has 1 aliphatic rings. The first-order valence-electron chi connectivity index (χ1n) is 7.11. The van der Waals surface area contributed by atoms with Gasteiger partial charge in [-0.05, 0) is 38.1 Å². The van der Waals surface area contributed by atoms with Crippen LogP contribution in [-0.4, -0.2) is 37.0 Å². The predicted molar refractivity (Wildman–Crippen MR) is 85.8 cm³/mol. The van der Waals surface area contributed by atoms with Gasteiger partial charge in [0.1, 0.15) is 0 Å². The van der Waals surface area contributed by atoms with Crippen molar-refractivity contribution in [3.63, 3.8) is 0 Å². The molecule has 1 aromatic carbocycles. The number of amides is 1. The molecule has 0 atom stereocenters. The van der Waals surface area contributed by atoms with Crippen LogP contribution in [0.2, 0.25) is 0 Å². The smallest absolute Gasteiger partial charge is 0.253 e. The summed E-state index contributed by atoms with van der Waals surface area (Å²) in [6, 6.07) is 6.01. The molecule has 0 radical (unpaired) electrons. The zero-order valence-electron chi connectivity index (χ0n) is 11.9. The number of carbonyl (C=O) groups excluding carboxylic acids is 1. The van der Waals surface area contributed by atoms with Crippen molar-refractivity contribution in [2.75, 3.05) is 25.9 Å². The average molecular weight is 340 g/mol. The number of nitrogen functional groups attached to an aromatic ring is 1. The largest absolute Gasteiger partial charge is 0.398 e. The van der Waals surface area contributed by atoms with Crippen molar-refractivity contribution in [3.05, 3.63) is 28.2 Å². The van der Waals surface area contributed by atoms with Crippen molar-refractivity contribution in [1.82, 2.24) is 10.2 Å². The molecule has 0 aliphatic heterocycles. The van der Waals surface area contributed by atoms with Gasteiger partial charge in [-0.3, -0.25) is 4.79 Å². The Morgan fingerprint density at radius 2 is 2.15 bits per heavy atom. The average Bonchev–Trinajstić information content (AvgIpc) is 2.92. The molecule has 0 spiro atoms. The molecule has 0 heterocycles. The van der Waals surface area contributed by atoms with Gasteiger partial charge in [0.2, 0.25) is 0 Å². The third-order valence-electron chi connectivity index (χ3n) is 3.96. The molecular formula is C15H22BrN3O. The zero-order chi connectivity index (χ0) is 14.5. The molecule has 0 bridgehead atoms. The van der Waals surface area contributed by atoms with Crippen molar-refractivity contribution in [2.24, 2.45) is 0 Å². The van der Waals surface area contributed by atoms with E-state index >= 15 is 0 Å². The maximum atomic E-state index is 12.1. The molecule has 110 valence electrons. The Morgan fingerprint density at radius 1 is 1.45 bits per heavy atom. The number of hydrogen-bond donors (Lipinski definition) is 2. The van der Waals surface area contributed by atoms with E-state index in [9.17, 15) is 4.79 Å². The molecule has 1 aliphatic carbocycles. The number of rotatable bonds is 5. The van der Waals surface area contributed by atoms with E-state index in [1.54, 1.807) is 12.1 Å². The summed E-state index contributed by atoms with van der Waals surface area (Å²) in [4.78, 5) is 14.4. The molecule has 1 saturated carbocycles. The summed E-state index contributed by atoms with van der Waals surface area (Å²) < 4.78 is 0.882. The van der Waals surface area contributed by atoms with E-state index in [2.05, 4.69) is 33.2 Å². The van der Waals surface area contributed by atoms with Gasteiger partial charge in [0.15, 0.2) is 0 Å². The number of likely N-dealkylation sites (N-methyl/N-ethyl adjacent to an activating group) is 1. The van der Waals surface area contributed by atoms with Gasteiger partial charge in [0.05, 0.1) is 5.56 Å². The number of anilines is 1. The fourth-order valence-electron chi connectivity index (χ4n) is 2.71. The van der Waals surface area contributed by atoms with Gasteiger partial charge in [-0.25, -0.2) is 0 Å². The quantitative estimate of drug-likeness (QED) is 0.810. The minimum absolute atomic E-state index is 0.102. The Morgan fingerprint density at radius 3 is 2.80 bits per heavy atom. The van der Waals surface area contributed by atoms with Gasteiger partial charge in [-0.15, -0.1) is 0 Å². The first-order chi connectivity index (χ1) is 9.58. The SMILES string of the molecule is CN(CCNC(=O)c1ccc(Br)cc1N)C1CCCC1. The van der Waals surface area contributed by atoms with Crippen LogP contribution in [0.3, 0.4) is 0 Å². The van der Waals surface area contributed by atoms with Gasteiger partial charge < -0.3 is 16.0 Å². The van der Waals surface area contributed by atoms with Gasteiger partial charge in [-0.1, -0.05) is 28.8 Å². The van der Waals surface area contributed by atoms with Gasteiger partial charge >= 0.3 is 0 Å². The van der Waals surface area contributed by atoms with Gasteiger partial charge in [0.25, 0.3) is 5.91 Å². The van der Waals surface area contributed by atoms with Crippen molar-refractivity contribution in [2.45, 2.75) is 31.7 Å². The molecule has 20 heavy (non-hydrogen) atoms. The number of halogens is 1.